The topological polar surface area (TPSA) is 20.3 Å². The highest BCUT2D eigenvalue weighted by Crippen LogP contribution is 2.24. The summed E-state index contributed by atoms with van der Waals surface area (Å²) >= 11 is 13.2. The summed E-state index contributed by atoms with van der Waals surface area (Å²) in [6, 6.07) is 11.0. The summed E-state index contributed by atoms with van der Waals surface area (Å²) < 4.78 is 0.637. The summed E-state index contributed by atoms with van der Waals surface area (Å²) in [6.45, 7) is 2.58. The van der Waals surface area contributed by atoms with Gasteiger partial charge in [0.15, 0.2) is 5.78 Å². The van der Waals surface area contributed by atoms with E-state index in [2.05, 4.69) is 0 Å². The summed E-state index contributed by atoms with van der Waals surface area (Å²) in [5.74, 6) is 0.0893. The number of benzene rings is 1. The van der Waals surface area contributed by atoms with E-state index in [1.807, 2.05) is 43.1 Å². The third-order valence-corrected chi connectivity index (χ3v) is 4.66. The van der Waals surface area contributed by atoms with Crippen LogP contribution in [0.25, 0.3) is 0 Å². The number of nitrogens with zero attached hydrogens (tertiary/aromatic N) is 1. The molecule has 0 aliphatic rings. The Kier molecular flexibility index (Phi) is 5.22. The zero-order valence-electron chi connectivity index (χ0n) is 11.3. The highest BCUT2D eigenvalue weighted by atomic mass is 35.5. The smallest absolute Gasteiger partial charge is 0.189 e. The SMILES string of the molecule is CC(C(=O)c1ccc(Cl)s1)N(C)Cc1cccc(Cl)c1. The van der Waals surface area contributed by atoms with E-state index in [-0.39, 0.29) is 11.8 Å². The fourth-order valence-corrected chi connectivity index (χ4v) is 3.19. The third-order valence-electron chi connectivity index (χ3n) is 3.18. The molecule has 20 heavy (non-hydrogen) atoms. The molecule has 1 heterocycles. The molecule has 0 spiro atoms. The molecule has 2 rings (SSSR count). The average Bonchev–Trinajstić information content (AvgIpc) is 2.83. The maximum atomic E-state index is 12.3. The van der Waals surface area contributed by atoms with Gasteiger partial charge in [0.2, 0.25) is 0 Å². The van der Waals surface area contributed by atoms with Crippen LogP contribution in [0.1, 0.15) is 22.2 Å². The van der Waals surface area contributed by atoms with Crippen LogP contribution in [0.3, 0.4) is 0 Å². The molecule has 0 aliphatic heterocycles. The molecule has 2 nitrogen and oxygen atoms in total. The lowest BCUT2D eigenvalue weighted by Crippen LogP contribution is -2.35. The highest BCUT2D eigenvalue weighted by Gasteiger charge is 2.21. The lowest BCUT2D eigenvalue weighted by atomic mass is 10.1. The summed E-state index contributed by atoms with van der Waals surface area (Å²) in [4.78, 5) is 15.0. The first-order valence-corrected chi connectivity index (χ1v) is 7.79. The monoisotopic (exact) mass is 327 g/mol. The van der Waals surface area contributed by atoms with E-state index in [0.717, 1.165) is 5.56 Å². The van der Waals surface area contributed by atoms with E-state index in [0.29, 0.717) is 20.8 Å². The van der Waals surface area contributed by atoms with Crippen molar-refractivity contribution in [2.45, 2.75) is 19.5 Å². The van der Waals surface area contributed by atoms with Crippen LogP contribution >= 0.6 is 34.5 Å². The molecule has 1 atom stereocenters. The molecule has 0 aliphatic carbocycles. The van der Waals surface area contributed by atoms with Crippen molar-refractivity contribution in [2.75, 3.05) is 7.05 Å². The van der Waals surface area contributed by atoms with Gasteiger partial charge in [-0.15, -0.1) is 11.3 Å². The minimum Gasteiger partial charge on any atom is -0.292 e. The molecule has 1 aromatic heterocycles. The molecule has 0 bridgehead atoms. The van der Waals surface area contributed by atoms with Crippen LogP contribution in [-0.4, -0.2) is 23.8 Å². The Morgan fingerprint density at radius 1 is 1.30 bits per heavy atom. The van der Waals surface area contributed by atoms with Gasteiger partial charge < -0.3 is 0 Å². The van der Waals surface area contributed by atoms with Crippen molar-refractivity contribution in [3.8, 4) is 0 Å². The van der Waals surface area contributed by atoms with Gasteiger partial charge >= 0.3 is 0 Å². The lowest BCUT2D eigenvalue weighted by Gasteiger charge is -2.23. The molecule has 0 amide bonds. The molecule has 1 unspecified atom stereocenters. The van der Waals surface area contributed by atoms with Crippen LogP contribution in [0.2, 0.25) is 9.36 Å². The van der Waals surface area contributed by atoms with Crippen LogP contribution in [0, 0.1) is 0 Å². The largest absolute Gasteiger partial charge is 0.292 e. The number of carbonyl (C=O) groups is 1. The van der Waals surface area contributed by atoms with E-state index in [9.17, 15) is 4.79 Å². The van der Waals surface area contributed by atoms with Gasteiger partial charge in [-0.3, -0.25) is 9.69 Å². The quantitative estimate of drug-likeness (QED) is 0.738. The number of ketones is 1. The van der Waals surface area contributed by atoms with Crippen LogP contribution in [0.5, 0.6) is 0 Å². The van der Waals surface area contributed by atoms with Crippen molar-refractivity contribution in [3.05, 3.63) is 56.2 Å². The summed E-state index contributed by atoms with van der Waals surface area (Å²) in [6.07, 6.45) is 0. The van der Waals surface area contributed by atoms with Crippen LogP contribution in [-0.2, 0) is 6.54 Å². The number of thiophene rings is 1. The molecule has 0 saturated carbocycles. The van der Waals surface area contributed by atoms with Gasteiger partial charge in [0.1, 0.15) is 0 Å². The van der Waals surface area contributed by atoms with Crippen molar-refractivity contribution >= 4 is 40.3 Å². The molecular weight excluding hydrogens is 313 g/mol. The Balaban J connectivity index is 2.05. The third kappa shape index (κ3) is 3.83. The number of hydrogen-bond acceptors (Lipinski definition) is 3. The first kappa shape index (κ1) is 15.5. The Bertz CT molecular complexity index is 611. The summed E-state index contributed by atoms with van der Waals surface area (Å²) in [5, 5.41) is 0.708. The Hall–Kier alpha value is -0.870. The van der Waals surface area contributed by atoms with Crippen molar-refractivity contribution in [1.82, 2.24) is 4.90 Å². The number of rotatable bonds is 5. The van der Waals surface area contributed by atoms with Gasteiger partial charge in [-0.25, -0.2) is 0 Å². The average molecular weight is 328 g/mol. The zero-order chi connectivity index (χ0) is 14.7. The van der Waals surface area contributed by atoms with E-state index in [1.165, 1.54) is 11.3 Å². The van der Waals surface area contributed by atoms with Crippen molar-refractivity contribution < 1.29 is 4.79 Å². The van der Waals surface area contributed by atoms with Crippen molar-refractivity contribution in [2.24, 2.45) is 0 Å². The standard InChI is InChI=1S/C15H15Cl2NOS/c1-10(15(19)13-6-7-14(17)20-13)18(2)9-11-4-3-5-12(16)8-11/h3-8,10H,9H2,1-2H3. The van der Waals surface area contributed by atoms with Gasteiger partial charge in [-0.1, -0.05) is 35.3 Å². The predicted octanol–water partition coefficient (Wildman–Crippen LogP) is 4.76. The number of likely N-dealkylation sites (N-methyl/N-ethyl adjacent to an activating group) is 1. The van der Waals surface area contributed by atoms with Gasteiger partial charge in [0.25, 0.3) is 0 Å². The summed E-state index contributed by atoms with van der Waals surface area (Å²) in [5.41, 5.74) is 1.09. The van der Waals surface area contributed by atoms with Gasteiger partial charge in [-0.05, 0) is 43.8 Å². The lowest BCUT2D eigenvalue weighted by molar-refractivity contribution is 0.0866. The fourth-order valence-electron chi connectivity index (χ4n) is 1.91. The predicted molar refractivity (Wildman–Crippen MR) is 86.0 cm³/mol. The maximum Gasteiger partial charge on any atom is 0.189 e. The second-order valence-electron chi connectivity index (χ2n) is 4.69. The van der Waals surface area contributed by atoms with E-state index >= 15 is 0 Å². The Labute approximate surface area is 132 Å². The summed E-state index contributed by atoms with van der Waals surface area (Å²) in [7, 11) is 1.93. The fraction of sp³-hybridized carbons (Fsp3) is 0.267. The molecule has 0 radical (unpaired) electrons. The van der Waals surface area contributed by atoms with Crippen LogP contribution in [0.4, 0.5) is 0 Å². The second kappa shape index (κ2) is 6.72. The first-order chi connectivity index (χ1) is 9.47. The minimum absolute atomic E-state index is 0.0893. The Morgan fingerprint density at radius 2 is 2.05 bits per heavy atom. The molecule has 2 aromatic rings. The highest BCUT2D eigenvalue weighted by molar-refractivity contribution is 7.18. The number of Topliss-reactive ketones (excluding diaryl/α,β-unsaturated/α-hetero) is 1. The molecule has 0 saturated heterocycles. The molecule has 5 heteroatoms. The Morgan fingerprint density at radius 3 is 2.65 bits per heavy atom. The van der Waals surface area contributed by atoms with Crippen molar-refractivity contribution in [1.29, 1.82) is 0 Å². The number of carbonyl (C=O) groups excluding carboxylic acids is 1. The molecule has 106 valence electrons. The minimum atomic E-state index is -0.205. The van der Waals surface area contributed by atoms with Gasteiger partial charge in [-0.2, -0.15) is 0 Å². The van der Waals surface area contributed by atoms with Crippen molar-refractivity contribution in [3.63, 3.8) is 0 Å². The maximum absolute atomic E-state index is 12.3. The first-order valence-electron chi connectivity index (χ1n) is 6.21. The van der Waals surface area contributed by atoms with E-state index in [4.69, 9.17) is 23.2 Å². The normalized spacial score (nSPS) is 12.7. The molecule has 0 fully saturated rings. The number of hydrogen-bond donors (Lipinski definition) is 0. The van der Waals surface area contributed by atoms with Gasteiger partial charge in [0, 0.05) is 11.6 Å². The number of halogens is 2. The van der Waals surface area contributed by atoms with Crippen LogP contribution < -0.4 is 0 Å². The van der Waals surface area contributed by atoms with Gasteiger partial charge in [0.05, 0.1) is 15.3 Å². The molecule has 1 aromatic carbocycles. The van der Waals surface area contributed by atoms with Crippen LogP contribution in [0.15, 0.2) is 36.4 Å². The molecular formula is C15H15Cl2NOS. The zero-order valence-corrected chi connectivity index (χ0v) is 13.6. The van der Waals surface area contributed by atoms with E-state index in [1.54, 1.807) is 12.1 Å². The van der Waals surface area contributed by atoms with E-state index < -0.39 is 0 Å². The molecule has 0 N–H and O–H groups in total. The second-order valence-corrected chi connectivity index (χ2v) is 6.84.